The third kappa shape index (κ3) is 9.11. The first-order valence-electron chi connectivity index (χ1n) is 13.5. The van der Waals surface area contributed by atoms with Gasteiger partial charge in [0.05, 0.1) is 48.9 Å². The highest BCUT2D eigenvalue weighted by molar-refractivity contribution is 5.92. The van der Waals surface area contributed by atoms with E-state index in [9.17, 15) is 40.3 Å². The number of amides is 2. The zero-order valence-electron chi connectivity index (χ0n) is 22.9. The molecule has 2 aromatic heterocycles. The normalized spacial score (nSPS) is 17.2. The molecule has 10 nitrogen and oxygen atoms in total. The first-order valence-corrected chi connectivity index (χ1v) is 13.5. The smallest absolute Gasteiger partial charge is 0.350 e. The van der Waals surface area contributed by atoms with Crippen LogP contribution in [-0.4, -0.2) is 62.1 Å². The van der Waals surface area contributed by atoms with E-state index in [1.54, 1.807) is 25.1 Å². The van der Waals surface area contributed by atoms with Gasteiger partial charge in [0, 0.05) is 19.3 Å². The molecule has 0 aliphatic heterocycles. The molecule has 1 saturated carbocycles. The molecule has 2 atom stereocenters. The molecule has 0 unspecified atom stereocenters. The van der Waals surface area contributed by atoms with Gasteiger partial charge in [0.25, 0.3) is 5.91 Å². The van der Waals surface area contributed by atoms with Crippen LogP contribution in [0.3, 0.4) is 0 Å². The van der Waals surface area contributed by atoms with Crippen LogP contribution in [0.25, 0.3) is 11.0 Å². The van der Waals surface area contributed by atoms with Gasteiger partial charge in [-0.3, -0.25) is 9.59 Å². The Hall–Kier alpha value is -3.76. The number of hydrogen-bond acceptors (Lipinski definition) is 6. The third-order valence-corrected chi connectivity index (χ3v) is 7.16. The number of imidazole rings is 1. The minimum atomic E-state index is -4.45. The lowest BCUT2D eigenvalue weighted by Gasteiger charge is -2.33. The molecule has 1 fully saturated rings. The van der Waals surface area contributed by atoms with Gasteiger partial charge >= 0.3 is 12.8 Å². The van der Waals surface area contributed by atoms with E-state index in [4.69, 9.17) is 0 Å². The van der Waals surface area contributed by atoms with Gasteiger partial charge in [-0.25, -0.2) is 13.8 Å². The van der Waals surface area contributed by atoms with Gasteiger partial charge in [-0.1, -0.05) is 6.07 Å². The van der Waals surface area contributed by atoms with Gasteiger partial charge in [-0.05, 0) is 43.4 Å². The Morgan fingerprint density at radius 3 is 2.58 bits per heavy atom. The van der Waals surface area contributed by atoms with Crippen molar-refractivity contribution < 1.29 is 45.1 Å². The second-order valence-corrected chi connectivity index (χ2v) is 10.4. The number of aromatic amines is 1. The van der Waals surface area contributed by atoms with Crippen molar-refractivity contribution in [2.24, 2.45) is 5.92 Å². The summed E-state index contributed by atoms with van der Waals surface area (Å²) in [4.78, 5) is 33.7. The Morgan fingerprint density at radius 2 is 1.91 bits per heavy atom. The molecule has 0 radical (unpaired) electrons. The van der Waals surface area contributed by atoms with Gasteiger partial charge in [0.1, 0.15) is 5.82 Å². The van der Waals surface area contributed by atoms with Crippen molar-refractivity contribution in [2.75, 3.05) is 6.61 Å². The summed E-state index contributed by atoms with van der Waals surface area (Å²) in [6.45, 7) is -1.87. The van der Waals surface area contributed by atoms with Crippen molar-refractivity contribution in [3.63, 3.8) is 0 Å². The molecule has 2 heterocycles. The third-order valence-electron chi connectivity index (χ3n) is 7.16. The molecule has 0 spiro atoms. The maximum Gasteiger partial charge on any atom is 0.389 e. The van der Waals surface area contributed by atoms with Crippen molar-refractivity contribution >= 4 is 22.8 Å². The summed E-state index contributed by atoms with van der Waals surface area (Å²) < 4.78 is 93.8. The second kappa shape index (κ2) is 13.3. The number of nitrogens with one attached hydrogen (secondary N) is 3. The number of benzene rings is 1. The highest BCUT2D eigenvalue weighted by Gasteiger charge is 2.39. The number of alkyl halides is 7. The van der Waals surface area contributed by atoms with Crippen LogP contribution in [0.15, 0.2) is 24.4 Å². The summed E-state index contributed by atoms with van der Waals surface area (Å²) in [6.07, 6.45) is -5.81. The Labute approximate surface area is 240 Å². The van der Waals surface area contributed by atoms with Gasteiger partial charge in [-0.2, -0.15) is 31.8 Å². The highest BCUT2D eigenvalue weighted by atomic mass is 19.4. The molecule has 4 rings (SSSR count). The molecule has 0 saturated heterocycles. The van der Waals surface area contributed by atoms with Gasteiger partial charge in [0.15, 0.2) is 5.69 Å². The molecular formula is C26H30F7N7O3. The zero-order chi connectivity index (χ0) is 31.4. The van der Waals surface area contributed by atoms with E-state index in [0.29, 0.717) is 16.6 Å². The predicted molar refractivity (Wildman–Crippen MR) is 137 cm³/mol. The molecule has 236 valence electrons. The lowest BCUT2D eigenvalue weighted by Crippen LogP contribution is -2.38. The Bertz CT molecular complexity index is 1400. The molecule has 0 bridgehead atoms. The quantitative estimate of drug-likeness (QED) is 0.239. The monoisotopic (exact) mass is 621 g/mol. The van der Waals surface area contributed by atoms with Gasteiger partial charge in [-0.15, -0.1) is 5.10 Å². The number of halogens is 7. The molecule has 17 heteroatoms. The van der Waals surface area contributed by atoms with Crippen LogP contribution in [0.1, 0.15) is 79.4 Å². The van der Waals surface area contributed by atoms with Crippen LogP contribution in [0.2, 0.25) is 0 Å². The number of ether oxygens (including phenoxy) is 1. The standard InChI is InChI=1S/C26H30F7N7O3/c1-14(35-20(41)6-9-26(31,32)33)16-2-3-17-18(12-16)37-22(36-17)21(15-4-7-25(29,30)8-5-15)38-23(42)19-13-34-40(39-19)10-11-43-24(27)28/h2-3,12-15,21,24H,4-11H2,1H3,(H,35,41)(H,36,37)(H,38,42)/t14-,21+/m1/s1. The lowest BCUT2D eigenvalue weighted by atomic mass is 9.81. The molecule has 2 amide bonds. The maximum atomic E-state index is 13.9. The number of hydrogen-bond donors (Lipinski definition) is 3. The van der Waals surface area contributed by atoms with Crippen LogP contribution in [0, 0.1) is 5.92 Å². The Morgan fingerprint density at radius 1 is 1.19 bits per heavy atom. The SMILES string of the molecule is C[C@@H](NC(=O)CCC(F)(F)F)c1ccc2nc([C@@H](NC(=O)c3cnn(CCOC(F)F)n3)C3CCC(F)(F)CC3)[nH]c2c1. The summed E-state index contributed by atoms with van der Waals surface area (Å²) in [5, 5.41) is 13.1. The average Bonchev–Trinajstić information content (AvgIpc) is 3.57. The predicted octanol–water partition coefficient (Wildman–Crippen LogP) is 5.21. The molecule has 3 aromatic rings. The molecular weight excluding hydrogens is 591 g/mol. The van der Waals surface area contributed by atoms with Crippen LogP contribution < -0.4 is 10.6 Å². The fourth-order valence-electron chi connectivity index (χ4n) is 4.87. The van der Waals surface area contributed by atoms with E-state index >= 15 is 0 Å². The van der Waals surface area contributed by atoms with Crippen molar-refractivity contribution in [1.29, 1.82) is 0 Å². The maximum absolute atomic E-state index is 13.9. The van der Waals surface area contributed by atoms with Crippen LogP contribution in [0.5, 0.6) is 0 Å². The number of fused-ring (bicyclic) bond motifs is 1. The summed E-state index contributed by atoms with van der Waals surface area (Å²) in [5.41, 5.74) is 1.42. The van der Waals surface area contributed by atoms with E-state index in [-0.39, 0.29) is 50.4 Å². The Kier molecular flexibility index (Phi) is 9.92. The topological polar surface area (TPSA) is 127 Å². The molecule has 1 aliphatic carbocycles. The highest BCUT2D eigenvalue weighted by Crippen LogP contribution is 2.41. The van der Waals surface area contributed by atoms with E-state index in [2.05, 4.69) is 35.5 Å². The van der Waals surface area contributed by atoms with Gasteiger partial charge < -0.3 is 20.4 Å². The lowest BCUT2D eigenvalue weighted by molar-refractivity contribution is -0.144. The number of H-pyrrole nitrogens is 1. The van der Waals surface area contributed by atoms with E-state index in [1.165, 1.54) is 0 Å². The van der Waals surface area contributed by atoms with Crippen LogP contribution in [-0.2, 0) is 16.1 Å². The number of rotatable bonds is 12. The fraction of sp³-hybridized carbons (Fsp3) is 0.577. The van der Waals surface area contributed by atoms with Crippen molar-refractivity contribution in [3.8, 4) is 0 Å². The van der Waals surface area contributed by atoms with Crippen LogP contribution in [0.4, 0.5) is 30.7 Å². The molecule has 1 aromatic carbocycles. The molecule has 3 N–H and O–H groups in total. The molecule has 1 aliphatic rings. The van der Waals surface area contributed by atoms with Crippen molar-refractivity contribution in [2.45, 2.75) is 82.8 Å². The summed E-state index contributed by atoms with van der Waals surface area (Å²) >= 11 is 0. The largest absolute Gasteiger partial charge is 0.389 e. The van der Waals surface area contributed by atoms with E-state index in [1.807, 2.05) is 0 Å². The minimum absolute atomic E-state index is 0.0961. The second-order valence-electron chi connectivity index (χ2n) is 10.4. The Balaban J connectivity index is 1.51. The van der Waals surface area contributed by atoms with E-state index < -0.39 is 61.4 Å². The minimum Gasteiger partial charge on any atom is -0.350 e. The van der Waals surface area contributed by atoms with E-state index in [0.717, 1.165) is 11.0 Å². The van der Waals surface area contributed by atoms with Crippen LogP contribution >= 0.6 is 0 Å². The summed E-state index contributed by atoms with van der Waals surface area (Å²) in [7, 11) is 0. The van der Waals surface area contributed by atoms with Crippen molar-refractivity contribution in [3.05, 3.63) is 41.5 Å². The zero-order valence-corrected chi connectivity index (χ0v) is 22.9. The molecule has 43 heavy (non-hydrogen) atoms. The first kappa shape index (κ1) is 32.2. The summed E-state index contributed by atoms with van der Waals surface area (Å²) in [5.74, 6) is -4.39. The fourth-order valence-corrected chi connectivity index (χ4v) is 4.87. The summed E-state index contributed by atoms with van der Waals surface area (Å²) in [6, 6.07) is 3.48. The number of aromatic nitrogens is 5. The number of carbonyl (C=O) groups excluding carboxylic acids is 2. The number of carbonyl (C=O) groups is 2. The first-order chi connectivity index (χ1) is 20.2. The van der Waals surface area contributed by atoms with Gasteiger partial charge in [0.2, 0.25) is 11.8 Å². The van der Waals surface area contributed by atoms with Crippen molar-refractivity contribution in [1.82, 2.24) is 35.6 Å². The number of nitrogens with zero attached hydrogens (tertiary/aromatic N) is 4. The average molecular weight is 622 g/mol.